The molecule has 0 aliphatic rings. The van der Waals surface area contributed by atoms with Crippen LogP contribution in [-0.4, -0.2) is 33.5 Å². The summed E-state index contributed by atoms with van der Waals surface area (Å²) in [6.07, 6.45) is -0.241. The maximum absolute atomic E-state index is 10.2. The summed E-state index contributed by atoms with van der Waals surface area (Å²) in [6.45, 7) is 7.82. The molecular formula is C16H26O4. The minimum atomic E-state index is -0.879. The molecule has 2 unspecified atom stereocenters. The predicted octanol–water partition coefficient (Wildman–Crippen LogP) is 2.80. The van der Waals surface area contributed by atoms with E-state index < -0.39 is 5.97 Å². The zero-order valence-corrected chi connectivity index (χ0v) is 12.7. The molecule has 1 aromatic carbocycles. The molecule has 0 radical (unpaired) electrons. The number of aliphatic hydroxyl groups is 2. The number of hydrogen-bond donors (Lipinski definition) is 3. The third-order valence-corrected chi connectivity index (χ3v) is 3.04. The third kappa shape index (κ3) is 7.92. The predicted molar refractivity (Wildman–Crippen MR) is 79.7 cm³/mol. The molecule has 1 rings (SSSR count). The Morgan fingerprint density at radius 1 is 0.950 bits per heavy atom. The summed E-state index contributed by atoms with van der Waals surface area (Å²) in [4.78, 5) is 10.2. The van der Waals surface area contributed by atoms with Gasteiger partial charge in [0.05, 0.1) is 17.8 Å². The summed E-state index contributed by atoms with van der Waals surface area (Å²) in [7, 11) is 0. The lowest BCUT2D eigenvalue weighted by molar-refractivity contribution is 0.0326. The summed E-state index contributed by atoms with van der Waals surface area (Å²) in [5.41, 5.74) is 0.331. The van der Waals surface area contributed by atoms with Gasteiger partial charge in [0.2, 0.25) is 0 Å². The lowest BCUT2D eigenvalue weighted by Crippen LogP contribution is -2.25. The van der Waals surface area contributed by atoms with Crippen molar-refractivity contribution >= 4 is 5.97 Å². The second kappa shape index (κ2) is 9.50. The number of carboxylic acid groups (broad SMARTS) is 1. The van der Waals surface area contributed by atoms with Crippen molar-refractivity contribution in [1.82, 2.24) is 0 Å². The first-order chi connectivity index (χ1) is 9.25. The lowest BCUT2D eigenvalue weighted by atomic mass is 9.95. The fourth-order valence-corrected chi connectivity index (χ4v) is 1.37. The van der Waals surface area contributed by atoms with Crippen LogP contribution in [0.25, 0.3) is 0 Å². The standard InChI is InChI=1S/C9H20O2.C7H6O2/c1-6(2)8(10)5-9(11)7(3)4;8-7(9)6-4-2-1-3-5-6/h6-11H,5H2,1-4H3;1-5H,(H,8,9). The molecule has 20 heavy (non-hydrogen) atoms. The van der Waals surface area contributed by atoms with Gasteiger partial charge in [-0.3, -0.25) is 0 Å². The van der Waals surface area contributed by atoms with Gasteiger partial charge in [-0.1, -0.05) is 45.9 Å². The summed E-state index contributed by atoms with van der Waals surface area (Å²) in [5.74, 6) is -0.401. The summed E-state index contributed by atoms with van der Waals surface area (Å²) in [6, 6.07) is 8.30. The van der Waals surface area contributed by atoms with Gasteiger partial charge in [0, 0.05) is 0 Å². The fraction of sp³-hybridized carbons (Fsp3) is 0.562. The second-order valence-corrected chi connectivity index (χ2v) is 5.53. The zero-order chi connectivity index (χ0) is 15.7. The molecule has 0 amide bonds. The Bertz CT molecular complexity index is 361. The maximum atomic E-state index is 10.2. The first-order valence-electron chi connectivity index (χ1n) is 6.90. The Balaban J connectivity index is 0.000000367. The number of carbonyl (C=O) groups is 1. The van der Waals surface area contributed by atoms with Crippen molar-refractivity contribution in [3.8, 4) is 0 Å². The number of hydrogen-bond acceptors (Lipinski definition) is 3. The minimum Gasteiger partial charge on any atom is -0.478 e. The molecule has 4 nitrogen and oxygen atoms in total. The van der Waals surface area contributed by atoms with Crippen LogP contribution >= 0.6 is 0 Å². The molecule has 3 N–H and O–H groups in total. The Morgan fingerprint density at radius 2 is 1.35 bits per heavy atom. The average Bonchev–Trinajstić information content (AvgIpc) is 2.40. The van der Waals surface area contributed by atoms with Crippen molar-refractivity contribution in [2.45, 2.75) is 46.3 Å². The van der Waals surface area contributed by atoms with E-state index in [4.69, 9.17) is 5.11 Å². The molecule has 0 aliphatic carbocycles. The van der Waals surface area contributed by atoms with Gasteiger partial charge < -0.3 is 15.3 Å². The number of rotatable bonds is 5. The molecule has 2 atom stereocenters. The third-order valence-electron chi connectivity index (χ3n) is 3.04. The molecule has 4 heteroatoms. The molecule has 114 valence electrons. The highest BCUT2D eigenvalue weighted by atomic mass is 16.4. The van der Waals surface area contributed by atoms with E-state index in [9.17, 15) is 15.0 Å². The molecule has 0 fully saturated rings. The van der Waals surface area contributed by atoms with Gasteiger partial charge in [0.15, 0.2) is 0 Å². The largest absolute Gasteiger partial charge is 0.478 e. The van der Waals surface area contributed by atoms with E-state index in [1.54, 1.807) is 30.3 Å². The Morgan fingerprint density at radius 3 is 1.60 bits per heavy atom. The van der Waals surface area contributed by atoms with E-state index in [0.29, 0.717) is 12.0 Å². The number of aliphatic hydroxyl groups excluding tert-OH is 2. The summed E-state index contributed by atoms with van der Waals surface area (Å²) in [5, 5.41) is 27.2. The monoisotopic (exact) mass is 282 g/mol. The van der Waals surface area contributed by atoms with Gasteiger partial charge >= 0.3 is 5.97 Å². The van der Waals surface area contributed by atoms with E-state index in [2.05, 4.69) is 0 Å². The molecule has 0 spiro atoms. The van der Waals surface area contributed by atoms with Gasteiger partial charge in [-0.15, -0.1) is 0 Å². The van der Waals surface area contributed by atoms with Crippen molar-refractivity contribution in [2.24, 2.45) is 11.8 Å². The normalized spacial score (nSPS) is 13.6. The van der Waals surface area contributed by atoms with Gasteiger partial charge in [-0.25, -0.2) is 4.79 Å². The van der Waals surface area contributed by atoms with Crippen LogP contribution in [0.15, 0.2) is 30.3 Å². The van der Waals surface area contributed by atoms with Crippen LogP contribution in [0.3, 0.4) is 0 Å². The van der Waals surface area contributed by atoms with E-state index >= 15 is 0 Å². The quantitative estimate of drug-likeness (QED) is 0.776. The molecular weight excluding hydrogens is 256 g/mol. The topological polar surface area (TPSA) is 77.8 Å². The maximum Gasteiger partial charge on any atom is 0.335 e. The first-order valence-corrected chi connectivity index (χ1v) is 6.90. The van der Waals surface area contributed by atoms with Crippen LogP contribution < -0.4 is 0 Å². The van der Waals surface area contributed by atoms with Crippen LogP contribution in [0.1, 0.15) is 44.5 Å². The highest BCUT2D eigenvalue weighted by Gasteiger charge is 2.17. The number of aromatic carboxylic acids is 1. The van der Waals surface area contributed by atoms with Crippen LogP contribution in [0, 0.1) is 11.8 Å². The lowest BCUT2D eigenvalue weighted by Gasteiger charge is -2.20. The summed E-state index contributed by atoms with van der Waals surface area (Å²) >= 11 is 0. The van der Waals surface area contributed by atoms with E-state index in [-0.39, 0.29) is 24.0 Å². The number of carboxylic acids is 1. The van der Waals surface area contributed by atoms with Gasteiger partial charge in [0.25, 0.3) is 0 Å². The fourth-order valence-electron chi connectivity index (χ4n) is 1.37. The second-order valence-electron chi connectivity index (χ2n) is 5.53. The van der Waals surface area contributed by atoms with Gasteiger partial charge in [0.1, 0.15) is 0 Å². The SMILES string of the molecule is CC(C)C(O)CC(O)C(C)C.O=C(O)c1ccccc1. The van der Waals surface area contributed by atoms with Gasteiger partial charge in [-0.2, -0.15) is 0 Å². The molecule has 0 saturated carbocycles. The number of benzene rings is 1. The van der Waals surface area contributed by atoms with E-state index in [0.717, 1.165) is 0 Å². The molecule has 1 aromatic rings. The molecule has 0 saturated heterocycles. The highest BCUT2D eigenvalue weighted by Crippen LogP contribution is 2.13. The van der Waals surface area contributed by atoms with Crippen molar-refractivity contribution in [3.63, 3.8) is 0 Å². The molecule has 0 heterocycles. The van der Waals surface area contributed by atoms with Crippen LogP contribution in [-0.2, 0) is 0 Å². The first kappa shape index (κ1) is 18.6. The highest BCUT2D eigenvalue weighted by molar-refractivity contribution is 5.87. The molecule has 0 aromatic heterocycles. The van der Waals surface area contributed by atoms with Crippen LogP contribution in [0.2, 0.25) is 0 Å². The van der Waals surface area contributed by atoms with Crippen LogP contribution in [0.4, 0.5) is 0 Å². The van der Waals surface area contributed by atoms with Crippen molar-refractivity contribution in [1.29, 1.82) is 0 Å². The zero-order valence-electron chi connectivity index (χ0n) is 12.7. The van der Waals surface area contributed by atoms with E-state index in [1.165, 1.54) is 0 Å². The Kier molecular flexibility index (Phi) is 8.84. The van der Waals surface area contributed by atoms with Crippen molar-refractivity contribution in [3.05, 3.63) is 35.9 Å². The smallest absolute Gasteiger partial charge is 0.335 e. The van der Waals surface area contributed by atoms with Gasteiger partial charge in [-0.05, 0) is 30.4 Å². The van der Waals surface area contributed by atoms with Crippen LogP contribution in [0.5, 0.6) is 0 Å². The molecule has 0 bridgehead atoms. The van der Waals surface area contributed by atoms with Crippen molar-refractivity contribution < 1.29 is 20.1 Å². The van der Waals surface area contributed by atoms with Crippen molar-refractivity contribution in [2.75, 3.05) is 0 Å². The summed E-state index contributed by atoms with van der Waals surface area (Å²) < 4.78 is 0. The molecule has 0 aliphatic heterocycles. The Labute approximate surface area is 121 Å². The minimum absolute atomic E-state index is 0.239. The Hall–Kier alpha value is -1.39. The average molecular weight is 282 g/mol. The van der Waals surface area contributed by atoms with E-state index in [1.807, 2.05) is 27.7 Å².